The Morgan fingerprint density at radius 3 is 2.64 bits per heavy atom. The molecule has 1 aliphatic heterocycles. The molecule has 0 saturated carbocycles. The van der Waals surface area contributed by atoms with E-state index in [1.807, 2.05) is 18.2 Å². The number of thiocarbonyl (C=S) groups is 1. The van der Waals surface area contributed by atoms with E-state index in [4.69, 9.17) is 12.2 Å². The van der Waals surface area contributed by atoms with Gasteiger partial charge in [0, 0.05) is 16.8 Å². The maximum atomic E-state index is 14.2. The van der Waals surface area contributed by atoms with Crippen LogP contribution < -0.4 is 10.6 Å². The van der Waals surface area contributed by atoms with Crippen molar-refractivity contribution in [2.75, 3.05) is 0 Å². The minimum Gasteiger partial charge on any atom is -0.352 e. The zero-order chi connectivity index (χ0) is 15.1. The summed E-state index contributed by atoms with van der Waals surface area (Å²) in [6, 6.07) is 15.0. The highest BCUT2D eigenvalue weighted by atomic mass is 32.1. The van der Waals surface area contributed by atoms with Crippen molar-refractivity contribution < 1.29 is 4.39 Å². The van der Waals surface area contributed by atoms with Crippen LogP contribution in [0, 0.1) is 5.82 Å². The molecule has 1 aliphatic carbocycles. The van der Waals surface area contributed by atoms with Crippen molar-refractivity contribution in [3.63, 3.8) is 0 Å². The zero-order valence-electron chi connectivity index (χ0n) is 11.9. The molecule has 2 N–H and O–H groups in total. The Hall–Kier alpha value is -2.20. The van der Waals surface area contributed by atoms with E-state index in [-0.39, 0.29) is 11.9 Å². The highest BCUT2D eigenvalue weighted by molar-refractivity contribution is 7.80. The minimum atomic E-state index is -0.199. The Morgan fingerprint density at radius 2 is 1.77 bits per heavy atom. The number of nitrogens with one attached hydrogen (secondary N) is 2. The third-order valence-electron chi connectivity index (χ3n) is 4.35. The van der Waals surface area contributed by atoms with Gasteiger partial charge in [0.15, 0.2) is 5.11 Å². The molecule has 0 fully saturated rings. The maximum Gasteiger partial charge on any atom is 0.171 e. The molecular weight excluding hydrogens is 295 g/mol. The first-order valence-electron chi connectivity index (χ1n) is 7.37. The van der Waals surface area contributed by atoms with Gasteiger partial charge in [-0.15, -0.1) is 0 Å². The van der Waals surface area contributed by atoms with Gasteiger partial charge in [-0.2, -0.15) is 0 Å². The number of halogens is 1. The second-order valence-corrected chi connectivity index (χ2v) is 6.02. The van der Waals surface area contributed by atoms with Crippen molar-refractivity contribution in [2.45, 2.75) is 18.9 Å². The number of benzene rings is 2. The molecule has 4 rings (SSSR count). The van der Waals surface area contributed by atoms with Crippen molar-refractivity contribution in [3.05, 3.63) is 76.6 Å². The molecule has 0 amide bonds. The first kappa shape index (κ1) is 13.5. The van der Waals surface area contributed by atoms with Gasteiger partial charge >= 0.3 is 0 Å². The van der Waals surface area contributed by atoms with Gasteiger partial charge in [0.2, 0.25) is 0 Å². The third-order valence-corrected chi connectivity index (χ3v) is 4.57. The summed E-state index contributed by atoms with van der Waals surface area (Å²) < 4.78 is 14.2. The molecule has 2 aliphatic rings. The quantitative estimate of drug-likeness (QED) is 0.785. The van der Waals surface area contributed by atoms with Crippen molar-refractivity contribution in [1.82, 2.24) is 10.6 Å². The van der Waals surface area contributed by atoms with Crippen LogP contribution in [0.4, 0.5) is 4.39 Å². The van der Waals surface area contributed by atoms with Gasteiger partial charge in [-0.1, -0.05) is 42.5 Å². The van der Waals surface area contributed by atoms with Crippen LogP contribution in [0.25, 0.3) is 5.70 Å². The molecule has 0 bridgehead atoms. The van der Waals surface area contributed by atoms with E-state index in [1.165, 1.54) is 22.8 Å². The molecule has 0 unspecified atom stereocenters. The lowest BCUT2D eigenvalue weighted by Crippen LogP contribution is -2.44. The predicted molar refractivity (Wildman–Crippen MR) is 89.7 cm³/mol. The lowest BCUT2D eigenvalue weighted by molar-refractivity contribution is 0.573. The molecular formula is C18H15FN2S. The molecule has 0 aromatic heterocycles. The topological polar surface area (TPSA) is 24.1 Å². The van der Waals surface area contributed by atoms with Gasteiger partial charge in [-0.05, 0) is 42.3 Å². The molecule has 1 atom stereocenters. The fraction of sp³-hybridized carbons (Fsp3) is 0.167. The van der Waals surface area contributed by atoms with Crippen molar-refractivity contribution in [1.29, 1.82) is 0 Å². The van der Waals surface area contributed by atoms with Gasteiger partial charge in [0.1, 0.15) is 5.82 Å². The fourth-order valence-electron chi connectivity index (χ4n) is 3.33. The van der Waals surface area contributed by atoms with Crippen LogP contribution in [0.5, 0.6) is 0 Å². The fourth-order valence-corrected chi connectivity index (χ4v) is 3.55. The average Bonchev–Trinajstić information content (AvgIpc) is 2.54. The van der Waals surface area contributed by atoms with E-state index >= 15 is 0 Å². The van der Waals surface area contributed by atoms with Gasteiger partial charge < -0.3 is 10.6 Å². The van der Waals surface area contributed by atoms with Crippen molar-refractivity contribution >= 4 is 23.0 Å². The molecule has 110 valence electrons. The Morgan fingerprint density at radius 1 is 1.00 bits per heavy atom. The van der Waals surface area contributed by atoms with Gasteiger partial charge in [0.25, 0.3) is 0 Å². The molecule has 2 nitrogen and oxygen atoms in total. The Kier molecular flexibility index (Phi) is 3.19. The first-order chi connectivity index (χ1) is 10.7. The molecule has 0 saturated heterocycles. The molecule has 0 spiro atoms. The molecule has 2 aromatic rings. The highest BCUT2D eigenvalue weighted by Crippen LogP contribution is 2.39. The Balaban J connectivity index is 1.88. The van der Waals surface area contributed by atoms with Crippen molar-refractivity contribution in [3.8, 4) is 0 Å². The molecule has 1 heterocycles. The van der Waals surface area contributed by atoms with Crippen LogP contribution in [0.3, 0.4) is 0 Å². The van der Waals surface area contributed by atoms with Gasteiger partial charge in [-0.25, -0.2) is 4.39 Å². The van der Waals surface area contributed by atoms with Crippen molar-refractivity contribution in [2.24, 2.45) is 0 Å². The van der Waals surface area contributed by atoms with E-state index in [2.05, 4.69) is 28.8 Å². The summed E-state index contributed by atoms with van der Waals surface area (Å²) >= 11 is 5.34. The number of rotatable bonds is 1. The summed E-state index contributed by atoms with van der Waals surface area (Å²) in [5, 5.41) is 7.04. The summed E-state index contributed by atoms with van der Waals surface area (Å²) in [6.45, 7) is 0. The molecule has 4 heteroatoms. The molecule has 22 heavy (non-hydrogen) atoms. The van der Waals surface area contributed by atoms with Gasteiger partial charge in [-0.3, -0.25) is 0 Å². The Labute approximate surface area is 134 Å². The lowest BCUT2D eigenvalue weighted by atomic mass is 9.83. The predicted octanol–water partition coefficient (Wildman–Crippen LogP) is 3.70. The second kappa shape index (κ2) is 5.21. The second-order valence-electron chi connectivity index (χ2n) is 5.61. The number of fused-ring (bicyclic) bond motifs is 2. The highest BCUT2D eigenvalue weighted by Gasteiger charge is 2.31. The van der Waals surface area contributed by atoms with E-state index in [0.29, 0.717) is 10.7 Å². The Bertz CT molecular complexity index is 797. The van der Waals surface area contributed by atoms with Crippen LogP contribution in [0.2, 0.25) is 0 Å². The smallest absolute Gasteiger partial charge is 0.171 e. The number of hydrogen-bond donors (Lipinski definition) is 2. The summed E-state index contributed by atoms with van der Waals surface area (Å²) in [5.74, 6) is -0.199. The van der Waals surface area contributed by atoms with Gasteiger partial charge in [0.05, 0.1) is 6.04 Å². The monoisotopic (exact) mass is 310 g/mol. The van der Waals surface area contributed by atoms with E-state index < -0.39 is 0 Å². The van der Waals surface area contributed by atoms with E-state index in [0.717, 1.165) is 18.5 Å². The summed E-state index contributed by atoms with van der Waals surface area (Å²) in [6.07, 6.45) is 1.87. The van der Waals surface area contributed by atoms with Crippen LogP contribution >= 0.6 is 12.2 Å². The average molecular weight is 310 g/mol. The number of hydrogen-bond acceptors (Lipinski definition) is 1. The maximum absolute atomic E-state index is 14.2. The normalized spacial score (nSPS) is 19.9. The van der Waals surface area contributed by atoms with Crippen LogP contribution in [0.1, 0.15) is 29.2 Å². The summed E-state index contributed by atoms with van der Waals surface area (Å²) in [7, 11) is 0. The van der Waals surface area contributed by atoms with Crippen LogP contribution in [0.15, 0.2) is 54.1 Å². The summed E-state index contributed by atoms with van der Waals surface area (Å²) in [5.41, 5.74) is 5.36. The minimum absolute atomic E-state index is 0.196. The summed E-state index contributed by atoms with van der Waals surface area (Å²) in [4.78, 5) is 0. The van der Waals surface area contributed by atoms with E-state index in [9.17, 15) is 4.39 Å². The lowest BCUT2D eigenvalue weighted by Gasteiger charge is -2.35. The third kappa shape index (κ3) is 2.11. The van der Waals surface area contributed by atoms with Crippen LogP contribution in [-0.4, -0.2) is 5.11 Å². The van der Waals surface area contributed by atoms with E-state index in [1.54, 1.807) is 6.07 Å². The largest absolute Gasteiger partial charge is 0.352 e. The first-order valence-corrected chi connectivity index (χ1v) is 7.78. The number of aryl methyl sites for hydroxylation is 1. The molecule has 2 aromatic carbocycles. The SMILES string of the molecule is Fc1ccccc1[C@H]1NC(=S)NC2=C1CCc1ccccc12. The van der Waals surface area contributed by atoms with Crippen LogP contribution in [-0.2, 0) is 6.42 Å². The molecule has 0 radical (unpaired) electrons. The standard InChI is InChI=1S/C18H15FN2S/c19-15-8-4-3-7-13(15)17-14-10-9-11-5-1-2-6-12(11)16(14)20-18(22)21-17/h1-8,17H,9-10H2,(H2,20,21,22)/t17-/m1/s1. The zero-order valence-corrected chi connectivity index (χ0v) is 12.7.